The quantitative estimate of drug-likeness (QED) is 0.291. The van der Waals surface area contributed by atoms with Crippen molar-refractivity contribution in [2.45, 2.75) is 12.7 Å². The van der Waals surface area contributed by atoms with Crippen LogP contribution in [0.5, 0.6) is 0 Å². The van der Waals surface area contributed by atoms with Crippen molar-refractivity contribution >= 4 is 39.7 Å². The van der Waals surface area contributed by atoms with E-state index < -0.39 is 11.7 Å². The lowest BCUT2D eigenvalue weighted by atomic mass is 10.2. The molecule has 3 heterocycles. The zero-order valence-electron chi connectivity index (χ0n) is 19.2. The Balaban J connectivity index is 1.28. The molecule has 0 radical (unpaired) electrons. The molecular weight excluding hydrogens is 481 g/mol. The Hall–Kier alpha value is -4.93. The summed E-state index contributed by atoms with van der Waals surface area (Å²) in [5.41, 5.74) is 2.75. The number of rotatable bonds is 6. The molecule has 6 rings (SSSR count). The van der Waals surface area contributed by atoms with Crippen LogP contribution < -0.4 is 10.6 Å². The van der Waals surface area contributed by atoms with Gasteiger partial charge in [0.25, 0.3) is 0 Å². The Labute approximate surface area is 208 Å². The first-order chi connectivity index (χ1) is 17.9. The highest BCUT2D eigenvalue weighted by Gasteiger charge is 2.30. The Kier molecular flexibility index (Phi) is 5.44. The first-order valence-corrected chi connectivity index (χ1v) is 11.3. The van der Waals surface area contributed by atoms with Crippen LogP contribution in [0, 0.1) is 0 Å². The van der Waals surface area contributed by atoms with Crippen LogP contribution in [0.2, 0.25) is 0 Å². The first kappa shape index (κ1) is 22.5. The minimum Gasteiger partial charge on any atom is -0.337 e. The molecule has 3 aromatic heterocycles. The molecule has 184 valence electrons. The van der Waals surface area contributed by atoms with Gasteiger partial charge in [0, 0.05) is 29.2 Å². The highest BCUT2D eigenvalue weighted by Crippen LogP contribution is 2.31. The summed E-state index contributed by atoms with van der Waals surface area (Å²) in [4.78, 5) is 8.83. The number of halogens is 3. The molecule has 8 nitrogen and oxygen atoms in total. The van der Waals surface area contributed by atoms with E-state index >= 15 is 0 Å². The fraction of sp³-hybridized carbons (Fsp3) is 0.0769. The molecule has 0 bridgehead atoms. The predicted molar refractivity (Wildman–Crippen MR) is 134 cm³/mol. The fourth-order valence-corrected chi connectivity index (χ4v) is 4.03. The monoisotopic (exact) mass is 500 g/mol. The van der Waals surface area contributed by atoms with E-state index in [1.54, 1.807) is 12.4 Å². The van der Waals surface area contributed by atoms with E-state index in [1.165, 1.54) is 16.6 Å². The molecule has 0 amide bonds. The molecule has 0 aliphatic heterocycles. The standard InChI is InChI=1S/C26H19F3N8/c27-26(28,29)19-7-4-8-20(13-19)33-25-34-24-23(30-11-12-36(24)35-25)32-21-10-9-18-15-31-37(22(18)14-21)16-17-5-2-1-3-6-17/h1-15H,16H2,(H,30,32)(H,33,35). The second-order valence-corrected chi connectivity index (χ2v) is 8.37. The lowest BCUT2D eigenvalue weighted by Gasteiger charge is -2.08. The van der Waals surface area contributed by atoms with Crippen LogP contribution in [0.4, 0.5) is 36.3 Å². The summed E-state index contributed by atoms with van der Waals surface area (Å²) in [6.07, 6.45) is 0.563. The summed E-state index contributed by atoms with van der Waals surface area (Å²) >= 11 is 0. The largest absolute Gasteiger partial charge is 0.416 e. The van der Waals surface area contributed by atoms with Crippen molar-refractivity contribution in [2.24, 2.45) is 0 Å². The number of hydrogen-bond donors (Lipinski definition) is 2. The summed E-state index contributed by atoms with van der Waals surface area (Å²) in [5.74, 6) is 0.590. The van der Waals surface area contributed by atoms with Crippen molar-refractivity contribution in [1.82, 2.24) is 29.4 Å². The van der Waals surface area contributed by atoms with E-state index in [0.717, 1.165) is 34.3 Å². The molecule has 0 fully saturated rings. The summed E-state index contributed by atoms with van der Waals surface area (Å²) in [6, 6.07) is 20.8. The third-order valence-electron chi connectivity index (χ3n) is 5.78. The van der Waals surface area contributed by atoms with Gasteiger partial charge in [-0.3, -0.25) is 4.68 Å². The number of benzene rings is 3. The topological polar surface area (TPSA) is 85.0 Å². The van der Waals surface area contributed by atoms with Gasteiger partial charge in [0.1, 0.15) is 0 Å². The number of aromatic nitrogens is 6. The maximum absolute atomic E-state index is 13.1. The number of fused-ring (bicyclic) bond motifs is 2. The van der Waals surface area contributed by atoms with E-state index in [9.17, 15) is 13.2 Å². The Bertz CT molecular complexity index is 1710. The second-order valence-electron chi connectivity index (χ2n) is 8.37. The van der Waals surface area contributed by atoms with Gasteiger partial charge < -0.3 is 10.6 Å². The highest BCUT2D eigenvalue weighted by molar-refractivity contribution is 5.84. The lowest BCUT2D eigenvalue weighted by molar-refractivity contribution is -0.137. The SMILES string of the molecule is FC(F)(F)c1cccc(Nc2nc3c(Nc4ccc5cnn(Cc6ccccc6)c5c4)nccn3n2)c1. The van der Waals surface area contributed by atoms with E-state index in [-0.39, 0.29) is 11.6 Å². The van der Waals surface area contributed by atoms with Crippen LogP contribution >= 0.6 is 0 Å². The normalized spacial score (nSPS) is 11.8. The van der Waals surface area contributed by atoms with Crippen molar-refractivity contribution in [2.75, 3.05) is 10.6 Å². The number of nitrogens with one attached hydrogen (secondary N) is 2. The Morgan fingerprint density at radius 2 is 1.70 bits per heavy atom. The summed E-state index contributed by atoms with van der Waals surface area (Å²) in [7, 11) is 0. The van der Waals surface area contributed by atoms with E-state index in [0.29, 0.717) is 18.0 Å². The van der Waals surface area contributed by atoms with Gasteiger partial charge in [0.2, 0.25) is 11.6 Å². The second kappa shape index (κ2) is 8.94. The molecule has 0 aliphatic rings. The van der Waals surface area contributed by atoms with Crippen molar-refractivity contribution in [3.8, 4) is 0 Å². The lowest BCUT2D eigenvalue weighted by Crippen LogP contribution is -2.05. The molecule has 0 saturated heterocycles. The minimum atomic E-state index is -4.44. The molecular formula is C26H19F3N8. The summed E-state index contributed by atoms with van der Waals surface area (Å²) in [6.45, 7) is 0.635. The van der Waals surface area contributed by atoms with Gasteiger partial charge in [-0.15, -0.1) is 5.10 Å². The average molecular weight is 500 g/mol. The number of hydrogen-bond acceptors (Lipinski definition) is 6. The van der Waals surface area contributed by atoms with Gasteiger partial charge >= 0.3 is 6.18 Å². The van der Waals surface area contributed by atoms with Gasteiger partial charge in [0.05, 0.1) is 23.8 Å². The van der Waals surface area contributed by atoms with E-state index in [1.807, 2.05) is 47.3 Å². The van der Waals surface area contributed by atoms with Crippen molar-refractivity contribution in [3.05, 3.63) is 103 Å². The molecule has 0 unspecified atom stereocenters. The maximum atomic E-state index is 13.1. The number of anilines is 4. The van der Waals surface area contributed by atoms with Crippen LogP contribution in [0.25, 0.3) is 16.6 Å². The van der Waals surface area contributed by atoms with Crippen LogP contribution in [-0.4, -0.2) is 29.4 Å². The highest BCUT2D eigenvalue weighted by atomic mass is 19.4. The molecule has 3 aromatic carbocycles. The molecule has 37 heavy (non-hydrogen) atoms. The van der Waals surface area contributed by atoms with Crippen molar-refractivity contribution in [3.63, 3.8) is 0 Å². The molecule has 11 heteroatoms. The van der Waals surface area contributed by atoms with Gasteiger partial charge in [-0.25, -0.2) is 9.50 Å². The predicted octanol–water partition coefficient (Wildman–Crippen LogP) is 6.03. The van der Waals surface area contributed by atoms with Crippen molar-refractivity contribution < 1.29 is 13.2 Å². The molecule has 2 N–H and O–H groups in total. The van der Waals surface area contributed by atoms with E-state index in [2.05, 4.69) is 42.9 Å². The average Bonchev–Trinajstić information content (AvgIpc) is 3.48. The zero-order valence-corrected chi connectivity index (χ0v) is 19.2. The third kappa shape index (κ3) is 4.66. The number of nitrogens with zero attached hydrogens (tertiary/aromatic N) is 6. The van der Waals surface area contributed by atoms with Crippen LogP contribution in [0.1, 0.15) is 11.1 Å². The number of alkyl halides is 3. The molecule has 0 aliphatic carbocycles. The first-order valence-electron chi connectivity index (χ1n) is 11.3. The van der Waals surface area contributed by atoms with Crippen molar-refractivity contribution in [1.29, 1.82) is 0 Å². The molecule has 0 atom stereocenters. The molecule has 0 spiro atoms. The Morgan fingerprint density at radius 3 is 2.54 bits per heavy atom. The van der Waals surface area contributed by atoms with E-state index in [4.69, 9.17) is 0 Å². The fourth-order valence-electron chi connectivity index (χ4n) is 4.03. The van der Waals surface area contributed by atoms with Gasteiger partial charge in [-0.1, -0.05) is 36.4 Å². The smallest absolute Gasteiger partial charge is 0.337 e. The van der Waals surface area contributed by atoms with Gasteiger partial charge in [0.15, 0.2) is 5.82 Å². The molecule has 6 aromatic rings. The van der Waals surface area contributed by atoms with Crippen LogP contribution in [0.3, 0.4) is 0 Å². The molecule has 0 saturated carbocycles. The third-order valence-corrected chi connectivity index (χ3v) is 5.78. The van der Waals surface area contributed by atoms with Gasteiger partial charge in [-0.2, -0.15) is 23.3 Å². The Morgan fingerprint density at radius 1 is 0.865 bits per heavy atom. The van der Waals surface area contributed by atoms with Gasteiger partial charge in [-0.05, 0) is 42.0 Å². The summed E-state index contributed by atoms with van der Waals surface area (Å²) < 4.78 is 42.6. The summed E-state index contributed by atoms with van der Waals surface area (Å²) in [5, 5.41) is 16.0. The van der Waals surface area contributed by atoms with Crippen LogP contribution in [-0.2, 0) is 12.7 Å². The zero-order chi connectivity index (χ0) is 25.4. The maximum Gasteiger partial charge on any atom is 0.416 e. The minimum absolute atomic E-state index is 0.145. The van der Waals surface area contributed by atoms with Crippen LogP contribution in [0.15, 0.2) is 91.4 Å².